The van der Waals surface area contributed by atoms with E-state index in [9.17, 15) is 4.79 Å². The standard InChI is InChI=1S/C22H29NO4/c1-13(2)16-9-8-10-17(20(16)14(3)4)22(24)23-15-11-18(25-5)21(27-7)19(12-15)26-6/h8-14H,1-7H3,(H,23,24). The predicted octanol–water partition coefficient (Wildman–Crippen LogP) is 5.21. The van der Waals surface area contributed by atoms with Gasteiger partial charge in [0.25, 0.3) is 5.91 Å². The first-order valence-electron chi connectivity index (χ1n) is 9.08. The van der Waals surface area contributed by atoms with E-state index in [0.29, 0.717) is 34.4 Å². The second-order valence-electron chi connectivity index (χ2n) is 6.99. The van der Waals surface area contributed by atoms with Crippen LogP contribution in [-0.2, 0) is 0 Å². The van der Waals surface area contributed by atoms with Crippen LogP contribution < -0.4 is 19.5 Å². The highest BCUT2D eigenvalue weighted by molar-refractivity contribution is 6.06. The van der Waals surface area contributed by atoms with Gasteiger partial charge in [-0.15, -0.1) is 0 Å². The Hall–Kier alpha value is -2.69. The molecule has 0 radical (unpaired) electrons. The Balaban J connectivity index is 2.45. The lowest BCUT2D eigenvalue weighted by Gasteiger charge is -2.20. The van der Waals surface area contributed by atoms with Crippen LogP contribution in [0.5, 0.6) is 17.2 Å². The van der Waals surface area contributed by atoms with Crippen molar-refractivity contribution in [3.8, 4) is 17.2 Å². The van der Waals surface area contributed by atoms with Crippen LogP contribution >= 0.6 is 0 Å². The minimum Gasteiger partial charge on any atom is -0.493 e. The van der Waals surface area contributed by atoms with Gasteiger partial charge in [-0.25, -0.2) is 0 Å². The second-order valence-corrected chi connectivity index (χ2v) is 6.99. The molecule has 2 aromatic rings. The van der Waals surface area contributed by atoms with Crippen molar-refractivity contribution in [2.24, 2.45) is 0 Å². The van der Waals surface area contributed by atoms with Crippen LogP contribution in [0.2, 0.25) is 0 Å². The summed E-state index contributed by atoms with van der Waals surface area (Å²) in [5.74, 6) is 1.90. The molecule has 2 rings (SSSR count). The lowest BCUT2D eigenvalue weighted by molar-refractivity contribution is 0.102. The highest BCUT2D eigenvalue weighted by Gasteiger charge is 2.20. The molecule has 146 valence electrons. The summed E-state index contributed by atoms with van der Waals surface area (Å²) in [6.07, 6.45) is 0. The molecule has 0 bridgehead atoms. The number of carbonyl (C=O) groups is 1. The van der Waals surface area contributed by atoms with Crippen molar-refractivity contribution in [3.05, 3.63) is 47.0 Å². The molecule has 27 heavy (non-hydrogen) atoms. The van der Waals surface area contributed by atoms with E-state index in [1.807, 2.05) is 12.1 Å². The number of carbonyl (C=O) groups excluding carboxylic acids is 1. The summed E-state index contributed by atoms with van der Waals surface area (Å²) in [6, 6.07) is 9.34. The molecule has 1 N–H and O–H groups in total. The topological polar surface area (TPSA) is 56.8 Å². The smallest absolute Gasteiger partial charge is 0.255 e. The maximum atomic E-state index is 13.0. The largest absolute Gasteiger partial charge is 0.493 e. The van der Waals surface area contributed by atoms with E-state index >= 15 is 0 Å². The van der Waals surface area contributed by atoms with E-state index in [-0.39, 0.29) is 11.8 Å². The summed E-state index contributed by atoms with van der Waals surface area (Å²) >= 11 is 0. The molecule has 0 spiro atoms. The summed E-state index contributed by atoms with van der Waals surface area (Å²) in [7, 11) is 4.64. The highest BCUT2D eigenvalue weighted by Crippen LogP contribution is 2.40. The molecule has 0 atom stereocenters. The molecule has 0 saturated heterocycles. The zero-order chi connectivity index (χ0) is 20.1. The van der Waals surface area contributed by atoms with Gasteiger partial charge < -0.3 is 19.5 Å². The molecule has 0 aliphatic heterocycles. The van der Waals surface area contributed by atoms with Gasteiger partial charge in [-0.2, -0.15) is 0 Å². The first-order valence-corrected chi connectivity index (χ1v) is 9.08. The quantitative estimate of drug-likeness (QED) is 0.726. The maximum Gasteiger partial charge on any atom is 0.255 e. The summed E-state index contributed by atoms with van der Waals surface area (Å²) in [5.41, 5.74) is 3.55. The van der Waals surface area contributed by atoms with E-state index in [4.69, 9.17) is 14.2 Å². The fourth-order valence-corrected chi connectivity index (χ4v) is 3.28. The van der Waals surface area contributed by atoms with Gasteiger partial charge in [0.15, 0.2) is 11.5 Å². The van der Waals surface area contributed by atoms with Gasteiger partial charge in [-0.1, -0.05) is 39.8 Å². The SMILES string of the molecule is COc1cc(NC(=O)c2cccc(C(C)C)c2C(C)C)cc(OC)c1OC. The van der Waals surface area contributed by atoms with E-state index in [0.717, 1.165) is 5.56 Å². The van der Waals surface area contributed by atoms with Crippen LogP contribution in [0.3, 0.4) is 0 Å². The van der Waals surface area contributed by atoms with Gasteiger partial charge >= 0.3 is 0 Å². The first kappa shape index (κ1) is 20.6. The van der Waals surface area contributed by atoms with Crippen LogP contribution in [0, 0.1) is 0 Å². The van der Waals surface area contributed by atoms with Crippen LogP contribution in [-0.4, -0.2) is 27.2 Å². The third kappa shape index (κ3) is 4.35. The summed E-state index contributed by atoms with van der Waals surface area (Å²) in [6.45, 7) is 8.50. The zero-order valence-corrected chi connectivity index (χ0v) is 17.2. The van der Waals surface area contributed by atoms with Crippen molar-refractivity contribution in [2.75, 3.05) is 26.6 Å². The van der Waals surface area contributed by atoms with Gasteiger partial charge in [-0.05, 0) is 29.0 Å². The Morgan fingerprint density at radius 2 is 1.48 bits per heavy atom. The Morgan fingerprint density at radius 1 is 0.889 bits per heavy atom. The van der Waals surface area contributed by atoms with Crippen molar-refractivity contribution in [3.63, 3.8) is 0 Å². The van der Waals surface area contributed by atoms with Crippen LogP contribution in [0.1, 0.15) is 61.0 Å². The number of ether oxygens (including phenoxy) is 3. The average molecular weight is 371 g/mol. The molecular weight excluding hydrogens is 342 g/mol. The van der Waals surface area contributed by atoms with Gasteiger partial charge in [-0.3, -0.25) is 4.79 Å². The number of methoxy groups -OCH3 is 3. The zero-order valence-electron chi connectivity index (χ0n) is 17.2. The van der Waals surface area contributed by atoms with E-state index in [1.165, 1.54) is 5.56 Å². The molecule has 5 nitrogen and oxygen atoms in total. The number of amides is 1. The fraction of sp³-hybridized carbons (Fsp3) is 0.409. The fourth-order valence-electron chi connectivity index (χ4n) is 3.28. The summed E-state index contributed by atoms with van der Waals surface area (Å²) in [5, 5.41) is 2.97. The third-order valence-corrected chi connectivity index (χ3v) is 4.51. The molecule has 0 saturated carbocycles. The molecule has 0 heterocycles. The molecule has 2 aromatic carbocycles. The van der Waals surface area contributed by atoms with Crippen LogP contribution in [0.4, 0.5) is 5.69 Å². The summed E-state index contributed by atoms with van der Waals surface area (Å²) in [4.78, 5) is 13.0. The number of nitrogens with one attached hydrogen (secondary N) is 1. The van der Waals surface area contributed by atoms with Gasteiger partial charge in [0.1, 0.15) is 0 Å². The van der Waals surface area contributed by atoms with Gasteiger partial charge in [0, 0.05) is 23.4 Å². The Bertz CT molecular complexity index is 787. The molecule has 0 aliphatic carbocycles. The second kappa shape index (κ2) is 8.80. The van der Waals surface area contributed by atoms with Crippen molar-refractivity contribution >= 4 is 11.6 Å². The predicted molar refractivity (Wildman–Crippen MR) is 109 cm³/mol. The average Bonchev–Trinajstić information content (AvgIpc) is 2.66. The lowest BCUT2D eigenvalue weighted by Crippen LogP contribution is -2.17. The third-order valence-electron chi connectivity index (χ3n) is 4.51. The molecule has 0 unspecified atom stereocenters. The Labute approximate surface area is 161 Å². The van der Waals surface area contributed by atoms with E-state index in [1.54, 1.807) is 33.5 Å². The van der Waals surface area contributed by atoms with E-state index in [2.05, 4.69) is 39.1 Å². The molecular formula is C22H29NO4. The number of benzene rings is 2. The highest BCUT2D eigenvalue weighted by atomic mass is 16.5. The van der Waals surface area contributed by atoms with Crippen molar-refractivity contribution in [2.45, 2.75) is 39.5 Å². The Morgan fingerprint density at radius 3 is 1.93 bits per heavy atom. The Kier molecular flexibility index (Phi) is 6.72. The summed E-state index contributed by atoms with van der Waals surface area (Å²) < 4.78 is 16.1. The van der Waals surface area contributed by atoms with E-state index < -0.39 is 0 Å². The van der Waals surface area contributed by atoms with Crippen molar-refractivity contribution < 1.29 is 19.0 Å². The van der Waals surface area contributed by atoms with Crippen LogP contribution in [0.25, 0.3) is 0 Å². The molecule has 0 aromatic heterocycles. The number of hydrogen-bond acceptors (Lipinski definition) is 4. The normalized spacial score (nSPS) is 10.9. The molecule has 0 aliphatic rings. The van der Waals surface area contributed by atoms with Crippen molar-refractivity contribution in [1.82, 2.24) is 0 Å². The monoisotopic (exact) mass is 371 g/mol. The maximum absolute atomic E-state index is 13.0. The minimum atomic E-state index is -0.157. The van der Waals surface area contributed by atoms with Crippen molar-refractivity contribution in [1.29, 1.82) is 0 Å². The van der Waals surface area contributed by atoms with Gasteiger partial charge in [0.05, 0.1) is 21.3 Å². The van der Waals surface area contributed by atoms with Gasteiger partial charge in [0.2, 0.25) is 5.75 Å². The molecule has 0 fully saturated rings. The number of rotatable bonds is 7. The number of hydrogen-bond donors (Lipinski definition) is 1. The first-order chi connectivity index (χ1) is 12.8. The molecule has 1 amide bonds. The molecule has 5 heteroatoms. The number of anilines is 1. The minimum absolute atomic E-state index is 0.157. The lowest BCUT2D eigenvalue weighted by atomic mass is 9.86. The van der Waals surface area contributed by atoms with Crippen LogP contribution in [0.15, 0.2) is 30.3 Å².